The van der Waals surface area contributed by atoms with E-state index in [-0.39, 0.29) is 0 Å². The second-order valence-corrected chi connectivity index (χ2v) is 1.58. The van der Waals surface area contributed by atoms with Crippen molar-refractivity contribution in [3.63, 3.8) is 0 Å². The number of halogens is 3. The predicted octanol–water partition coefficient (Wildman–Crippen LogP) is 0.235. The van der Waals surface area contributed by atoms with Crippen molar-refractivity contribution in [3.05, 3.63) is 6.33 Å². The fourth-order valence-corrected chi connectivity index (χ4v) is 0.421. The van der Waals surface area contributed by atoms with Gasteiger partial charge in [-0.15, -0.1) is 10.2 Å². The van der Waals surface area contributed by atoms with Gasteiger partial charge in [0.25, 0.3) is 0 Å². The Kier molecular flexibility index (Phi) is 1.56. The summed E-state index contributed by atoms with van der Waals surface area (Å²) in [6, 6.07) is 0. The van der Waals surface area contributed by atoms with Gasteiger partial charge in [-0.3, -0.25) is 0 Å². The van der Waals surface area contributed by atoms with Gasteiger partial charge in [0, 0.05) is 0 Å². The van der Waals surface area contributed by atoms with Crippen molar-refractivity contribution >= 4 is 0 Å². The summed E-state index contributed by atoms with van der Waals surface area (Å²) < 4.78 is 34.5. The molecule has 0 aromatic carbocycles. The summed E-state index contributed by atoms with van der Waals surface area (Å²) in [4.78, 5) is 0.472. The minimum Gasteiger partial charge on any atom is -0.169 e. The topological polar surface area (TPSA) is 43.6 Å². The molecule has 7 heteroatoms. The first kappa shape index (κ1) is 6.97. The molecule has 0 aliphatic rings. The molecule has 56 valence electrons. The van der Waals surface area contributed by atoms with Gasteiger partial charge < -0.3 is 0 Å². The summed E-state index contributed by atoms with van der Waals surface area (Å²) in [7, 11) is 0. The molecule has 0 spiro atoms. The molecule has 0 aliphatic carbocycles. The average Bonchev–Trinajstić information content (AvgIpc) is 2.12. The van der Waals surface area contributed by atoms with Crippen LogP contribution in [0.4, 0.5) is 13.2 Å². The van der Waals surface area contributed by atoms with E-state index in [1.165, 1.54) is 0 Å². The molecule has 0 amide bonds. The Morgan fingerprint density at radius 1 is 1.40 bits per heavy atom. The van der Waals surface area contributed by atoms with E-state index in [1.54, 1.807) is 0 Å². The molecule has 0 atom stereocenters. The second-order valence-electron chi connectivity index (χ2n) is 1.58. The third-order valence-electron chi connectivity index (χ3n) is 0.712. The largest absolute Gasteiger partial charge is 0.409 e. The Morgan fingerprint density at radius 2 is 2.10 bits per heavy atom. The zero-order chi connectivity index (χ0) is 7.61. The maximum atomic E-state index is 11.5. The smallest absolute Gasteiger partial charge is 0.169 e. The number of rotatable bonds is 1. The summed E-state index contributed by atoms with van der Waals surface area (Å²) in [5, 5.41) is 9.32. The lowest BCUT2D eigenvalue weighted by atomic mass is 10.7. The molecule has 0 unspecified atom stereocenters. The molecule has 0 bridgehead atoms. The lowest BCUT2D eigenvalue weighted by Crippen LogP contribution is -2.19. The van der Waals surface area contributed by atoms with E-state index in [4.69, 9.17) is 0 Å². The first-order chi connectivity index (χ1) is 4.58. The van der Waals surface area contributed by atoms with E-state index < -0.39 is 12.7 Å². The summed E-state index contributed by atoms with van der Waals surface area (Å²) >= 11 is 0. The van der Waals surface area contributed by atoms with Gasteiger partial charge in [-0.1, -0.05) is 0 Å². The SMILES string of the molecule is FC(F)(F)Cn1ncnn1. The van der Waals surface area contributed by atoms with Crippen molar-refractivity contribution in [2.75, 3.05) is 0 Å². The van der Waals surface area contributed by atoms with Gasteiger partial charge >= 0.3 is 6.18 Å². The highest BCUT2D eigenvalue weighted by molar-refractivity contribution is 4.47. The van der Waals surface area contributed by atoms with E-state index in [0.29, 0.717) is 4.80 Å². The van der Waals surface area contributed by atoms with Crippen LogP contribution in [0.3, 0.4) is 0 Å². The predicted molar refractivity (Wildman–Crippen MR) is 23.9 cm³/mol. The molecular weight excluding hydrogens is 149 g/mol. The highest BCUT2D eigenvalue weighted by Crippen LogP contribution is 2.15. The van der Waals surface area contributed by atoms with E-state index in [9.17, 15) is 13.2 Å². The van der Waals surface area contributed by atoms with E-state index in [1.807, 2.05) is 0 Å². The number of hydrogen-bond donors (Lipinski definition) is 0. The van der Waals surface area contributed by atoms with Gasteiger partial charge in [0.05, 0.1) is 0 Å². The van der Waals surface area contributed by atoms with Crippen LogP contribution in [-0.2, 0) is 6.54 Å². The van der Waals surface area contributed by atoms with Crippen LogP contribution in [-0.4, -0.2) is 26.4 Å². The minimum atomic E-state index is -4.28. The Hall–Kier alpha value is -1.14. The average molecular weight is 152 g/mol. The van der Waals surface area contributed by atoms with Gasteiger partial charge in [0.1, 0.15) is 0 Å². The molecule has 0 fully saturated rings. The van der Waals surface area contributed by atoms with Crippen LogP contribution < -0.4 is 0 Å². The van der Waals surface area contributed by atoms with Gasteiger partial charge in [0.2, 0.25) is 0 Å². The van der Waals surface area contributed by atoms with Crippen molar-refractivity contribution in [3.8, 4) is 0 Å². The molecule has 4 nitrogen and oxygen atoms in total. The maximum absolute atomic E-state index is 11.5. The van der Waals surface area contributed by atoms with Crippen LogP contribution in [0.15, 0.2) is 6.33 Å². The molecule has 1 rings (SSSR count). The monoisotopic (exact) mass is 152 g/mol. The van der Waals surface area contributed by atoms with E-state index >= 15 is 0 Å². The van der Waals surface area contributed by atoms with Crippen LogP contribution in [0.25, 0.3) is 0 Å². The van der Waals surface area contributed by atoms with Crippen LogP contribution in [0.5, 0.6) is 0 Å². The number of hydrogen-bond acceptors (Lipinski definition) is 3. The Labute approximate surface area is 53.6 Å². The van der Waals surface area contributed by atoms with Crippen LogP contribution in [0.2, 0.25) is 0 Å². The summed E-state index contributed by atoms with van der Waals surface area (Å²) in [6.45, 7) is -1.19. The molecule has 10 heavy (non-hydrogen) atoms. The quantitative estimate of drug-likeness (QED) is 0.578. The van der Waals surface area contributed by atoms with Crippen molar-refractivity contribution in [1.82, 2.24) is 20.2 Å². The normalized spacial score (nSPS) is 11.9. The molecule has 1 aromatic heterocycles. The Morgan fingerprint density at radius 3 is 2.50 bits per heavy atom. The lowest BCUT2D eigenvalue weighted by Gasteiger charge is -2.02. The molecule has 0 N–H and O–H groups in total. The number of alkyl halides is 3. The molecule has 0 saturated heterocycles. The molecule has 0 aliphatic heterocycles. The molecule has 1 heterocycles. The summed E-state index contributed by atoms with van der Waals surface area (Å²) in [5.74, 6) is 0. The van der Waals surface area contributed by atoms with Crippen LogP contribution in [0.1, 0.15) is 0 Å². The van der Waals surface area contributed by atoms with Crippen molar-refractivity contribution < 1.29 is 13.2 Å². The standard InChI is InChI=1S/C3H3F3N4/c4-3(5,6)1-10-8-2-7-9-10/h2H,1H2. The number of aromatic nitrogens is 4. The molecule has 0 saturated carbocycles. The molecular formula is C3H3F3N4. The number of tetrazole rings is 1. The highest BCUT2D eigenvalue weighted by Gasteiger charge is 2.28. The zero-order valence-corrected chi connectivity index (χ0v) is 4.71. The fourth-order valence-electron chi connectivity index (χ4n) is 0.421. The highest BCUT2D eigenvalue weighted by atomic mass is 19.4. The van der Waals surface area contributed by atoms with Gasteiger partial charge in [-0.2, -0.15) is 18.0 Å². The summed E-state index contributed by atoms with van der Waals surface area (Å²) in [6.07, 6.45) is -3.33. The summed E-state index contributed by atoms with van der Waals surface area (Å²) in [5.41, 5.74) is 0. The minimum absolute atomic E-state index is 0.472. The molecule has 1 aromatic rings. The lowest BCUT2D eigenvalue weighted by molar-refractivity contribution is -0.145. The van der Waals surface area contributed by atoms with Gasteiger partial charge in [-0.25, -0.2) is 0 Å². The zero-order valence-electron chi connectivity index (χ0n) is 4.71. The van der Waals surface area contributed by atoms with Crippen LogP contribution in [0, 0.1) is 0 Å². The first-order valence-corrected chi connectivity index (χ1v) is 2.35. The Bertz CT molecular complexity index is 190. The van der Waals surface area contributed by atoms with Gasteiger partial charge in [-0.05, 0) is 5.21 Å². The van der Waals surface area contributed by atoms with Crippen molar-refractivity contribution in [2.24, 2.45) is 0 Å². The fraction of sp³-hybridized carbons (Fsp3) is 0.667. The first-order valence-electron chi connectivity index (χ1n) is 2.35. The van der Waals surface area contributed by atoms with Crippen molar-refractivity contribution in [2.45, 2.75) is 12.7 Å². The van der Waals surface area contributed by atoms with Crippen LogP contribution >= 0.6 is 0 Å². The third kappa shape index (κ3) is 2.00. The van der Waals surface area contributed by atoms with Gasteiger partial charge in [0.15, 0.2) is 12.9 Å². The van der Waals surface area contributed by atoms with E-state index in [0.717, 1.165) is 6.33 Å². The Balaban J connectivity index is 2.57. The second kappa shape index (κ2) is 2.24. The number of nitrogens with zero attached hydrogens (tertiary/aromatic N) is 4. The van der Waals surface area contributed by atoms with E-state index in [2.05, 4.69) is 15.4 Å². The molecule has 0 radical (unpaired) electrons. The van der Waals surface area contributed by atoms with Crippen molar-refractivity contribution in [1.29, 1.82) is 0 Å². The maximum Gasteiger partial charge on any atom is 0.409 e. The third-order valence-corrected chi connectivity index (χ3v) is 0.712.